The number of rotatable bonds is 5. The first-order valence-electron chi connectivity index (χ1n) is 9.01. The zero-order valence-electron chi connectivity index (χ0n) is 14.4. The molecule has 2 aromatic carbocycles. The molecule has 1 heterocycles. The molecule has 1 N–H and O–H groups in total. The Bertz CT molecular complexity index is 694. The number of anilines is 1. The molecule has 4 heteroatoms. The van der Waals surface area contributed by atoms with Crippen molar-refractivity contribution in [2.75, 3.05) is 5.32 Å². The van der Waals surface area contributed by atoms with Crippen molar-refractivity contribution < 1.29 is 13.2 Å². The fraction of sp³-hybridized carbons (Fsp3) is 0.429. The lowest BCUT2D eigenvalue weighted by Gasteiger charge is -2.34. The second-order valence-electron chi connectivity index (χ2n) is 6.84. The summed E-state index contributed by atoms with van der Waals surface area (Å²) >= 11 is 0. The molecule has 0 bridgehead atoms. The monoisotopic (exact) mass is 347 g/mol. The van der Waals surface area contributed by atoms with E-state index in [-0.39, 0.29) is 6.04 Å². The minimum atomic E-state index is -4.31. The summed E-state index contributed by atoms with van der Waals surface area (Å²) in [6, 6.07) is 14.2. The van der Waals surface area contributed by atoms with Crippen LogP contribution in [0, 0.1) is 0 Å². The number of unbranched alkanes of at least 4 members (excludes halogenated alkanes) is 2. The van der Waals surface area contributed by atoms with Gasteiger partial charge in [0.25, 0.3) is 0 Å². The number of benzene rings is 2. The first-order chi connectivity index (χ1) is 12.0. The molecule has 2 aromatic rings. The van der Waals surface area contributed by atoms with Gasteiger partial charge in [-0.1, -0.05) is 62.6 Å². The lowest BCUT2D eigenvalue weighted by molar-refractivity contribution is -0.137. The maximum atomic E-state index is 13.1. The molecule has 2 atom stereocenters. The predicted molar refractivity (Wildman–Crippen MR) is 95.7 cm³/mol. The average Bonchev–Trinajstić information content (AvgIpc) is 2.61. The van der Waals surface area contributed by atoms with Crippen LogP contribution in [0.15, 0.2) is 48.5 Å². The summed E-state index contributed by atoms with van der Waals surface area (Å²) in [7, 11) is 0. The molecule has 0 spiro atoms. The highest BCUT2D eigenvalue weighted by Gasteiger charge is 2.33. The summed E-state index contributed by atoms with van der Waals surface area (Å²) in [4.78, 5) is 0. The van der Waals surface area contributed by atoms with Gasteiger partial charge in [-0.2, -0.15) is 13.2 Å². The fourth-order valence-electron chi connectivity index (χ4n) is 3.69. The van der Waals surface area contributed by atoms with E-state index < -0.39 is 11.7 Å². The molecule has 134 valence electrons. The van der Waals surface area contributed by atoms with Gasteiger partial charge in [-0.15, -0.1) is 0 Å². The third-order valence-corrected chi connectivity index (χ3v) is 5.03. The Morgan fingerprint density at radius 2 is 1.80 bits per heavy atom. The molecule has 0 radical (unpaired) electrons. The molecular weight excluding hydrogens is 323 g/mol. The zero-order chi connectivity index (χ0) is 17.9. The molecule has 1 nitrogen and oxygen atoms in total. The van der Waals surface area contributed by atoms with Gasteiger partial charge in [0.05, 0.1) is 11.6 Å². The molecule has 25 heavy (non-hydrogen) atoms. The van der Waals surface area contributed by atoms with E-state index >= 15 is 0 Å². The summed E-state index contributed by atoms with van der Waals surface area (Å²) in [5.41, 5.74) is 2.21. The number of fused-ring (bicyclic) bond motifs is 1. The maximum Gasteiger partial charge on any atom is 0.416 e. The lowest BCUT2D eigenvalue weighted by atomic mass is 9.81. The van der Waals surface area contributed by atoms with Gasteiger partial charge in [0, 0.05) is 5.69 Å². The van der Waals surface area contributed by atoms with Crippen LogP contribution >= 0.6 is 0 Å². The van der Waals surface area contributed by atoms with Gasteiger partial charge < -0.3 is 5.32 Å². The van der Waals surface area contributed by atoms with E-state index in [0.717, 1.165) is 43.2 Å². The van der Waals surface area contributed by atoms with Crippen LogP contribution in [-0.4, -0.2) is 0 Å². The third-order valence-electron chi connectivity index (χ3n) is 5.03. The van der Waals surface area contributed by atoms with Crippen LogP contribution in [0.3, 0.4) is 0 Å². The smallest absolute Gasteiger partial charge is 0.378 e. The SMILES string of the molecule is CCCCC[C@H]1C[C@@H](c2ccccc2)Nc2cc(C(F)(F)F)ccc21. The lowest BCUT2D eigenvalue weighted by Crippen LogP contribution is -2.22. The molecule has 0 fully saturated rings. The maximum absolute atomic E-state index is 13.1. The van der Waals surface area contributed by atoms with Gasteiger partial charge in [0.15, 0.2) is 0 Å². The first-order valence-corrected chi connectivity index (χ1v) is 9.01. The van der Waals surface area contributed by atoms with E-state index in [1.165, 1.54) is 12.1 Å². The molecule has 0 aromatic heterocycles. The van der Waals surface area contributed by atoms with Crippen LogP contribution in [0.5, 0.6) is 0 Å². The summed E-state index contributed by atoms with van der Waals surface area (Å²) in [5, 5.41) is 3.35. The van der Waals surface area contributed by atoms with Crippen LogP contribution in [0.2, 0.25) is 0 Å². The van der Waals surface area contributed by atoms with Crippen molar-refractivity contribution in [1.82, 2.24) is 0 Å². The predicted octanol–water partition coefficient (Wildman–Crippen LogP) is 6.93. The summed E-state index contributed by atoms with van der Waals surface area (Å²) < 4.78 is 39.3. The number of nitrogens with one attached hydrogen (secondary N) is 1. The van der Waals surface area contributed by atoms with E-state index in [9.17, 15) is 13.2 Å². The quantitative estimate of drug-likeness (QED) is 0.578. The van der Waals surface area contributed by atoms with Crippen LogP contribution < -0.4 is 5.32 Å². The van der Waals surface area contributed by atoms with E-state index in [2.05, 4.69) is 12.2 Å². The Kier molecular flexibility index (Phi) is 5.36. The van der Waals surface area contributed by atoms with Crippen molar-refractivity contribution in [2.45, 2.75) is 57.2 Å². The molecule has 0 aliphatic carbocycles. The fourth-order valence-corrected chi connectivity index (χ4v) is 3.69. The first kappa shape index (κ1) is 17.8. The van der Waals surface area contributed by atoms with Crippen molar-refractivity contribution >= 4 is 5.69 Å². The van der Waals surface area contributed by atoms with Crippen molar-refractivity contribution in [1.29, 1.82) is 0 Å². The second kappa shape index (κ2) is 7.51. The van der Waals surface area contributed by atoms with Gasteiger partial charge in [-0.25, -0.2) is 0 Å². The molecule has 3 rings (SSSR count). The largest absolute Gasteiger partial charge is 0.416 e. The summed E-state index contributed by atoms with van der Waals surface area (Å²) in [6.45, 7) is 2.17. The highest BCUT2D eigenvalue weighted by molar-refractivity contribution is 5.59. The zero-order valence-corrected chi connectivity index (χ0v) is 14.4. The molecule has 0 saturated carbocycles. The molecule has 1 aliphatic rings. The Morgan fingerprint density at radius 1 is 1.04 bits per heavy atom. The van der Waals surface area contributed by atoms with Crippen molar-refractivity contribution in [2.24, 2.45) is 0 Å². The molecular formula is C21H24F3N. The normalized spacial score (nSPS) is 20.0. The standard InChI is InChI=1S/C21H24F3N/c1-2-3-5-10-16-13-19(15-8-6-4-7-9-15)25-20-14-17(21(22,23)24)11-12-18(16)20/h4,6-9,11-12,14,16,19,25H,2-3,5,10,13H2,1H3/t16-,19-/m0/s1. The third kappa shape index (κ3) is 4.17. The van der Waals surface area contributed by atoms with E-state index in [1.54, 1.807) is 6.07 Å². The molecule has 0 unspecified atom stereocenters. The summed E-state index contributed by atoms with van der Waals surface area (Å²) in [6.07, 6.45) is 1.06. The van der Waals surface area contributed by atoms with Gasteiger partial charge in [-0.3, -0.25) is 0 Å². The number of alkyl halides is 3. The number of hydrogen-bond acceptors (Lipinski definition) is 1. The van der Waals surface area contributed by atoms with Crippen molar-refractivity contribution in [3.63, 3.8) is 0 Å². The van der Waals surface area contributed by atoms with Crippen LogP contribution in [0.25, 0.3) is 0 Å². The van der Waals surface area contributed by atoms with E-state index in [0.29, 0.717) is 11.6 Å². The molecule has 1 aliphatic heterocycles. The van der Waals surface area contributed by atoms with E-state index in [4.69, 9.17) is 0 Å². The van der Waals surface area contributed by atoms with Gasteiger partial charge >= 0.3 is 6.18 Å². The Labute approximate surface area is 147 Å². The van der Waals surface area contributed by atoms with Crippen LogP contribution in [0.1, 0.15) is 67.7 Å². The number of hydrogen-bond donors (Lipinski definition) is 1. The van der Waals surface area contributed by atoms with Crippen molar-refractivity contribution in [3.05, 3.63) is 65.2 Å². The highest BCUT2D eigenvalue weighted by Crippen LogP contribution is 2.44. The Hall–Kier alpha value is -1.97. The average molecular weight is 347 g/mol. The number of halogens is 3. The second-order valence-corrected chi connectivity index (χ2v) is 6.84. The highest BCUT2D eigenvalue weighted by atomic mass is 19.4. The Morgan fingerprint density at radius 3 is 2.48 bits per heavy atom. The van der Waals surface area contributed by atoms with Crippen LogP contribution in [-0.2, 0) is 6.18 Å². The molecule has 0 amide bonds. The van der Waals surface area contributed by atoms with E-state index in [1.807, 2.05) is 30.3 Å². The summed E-state index contributed by atoms with van der Waals surface area (Å²) in [5.74, 6) is 0.301. The minimum absolute atomic E-state index is 0.0591. The van der Waals surface area contributed by atoms with Crippen molar-refractivity contribution in [3.8, 4) is 0 Å². The topological polar surface area (TPSA) is 12.0 Å². The van der Waals surface area contributed by atoms with Gasteiger partial charge in [0.2, 0.25) is 0 Å². The Balaban J connectivity index is 1.92. The van der Waals surface area contributed by atoms with Crippen LogP contribution in [0.4, 0.5) is 18.9 Å². The van der Waals surface area contributed by atoms with Gasteiger partial charge in [-0.05, 0) is 42.0 Å². The van der Waals surface area contributed by atoms with Gasteiger partial charge in [0.1, 0.15) is 0 Å². The minimum Gasteiger partial charge on any atom is -0.378 e. The molecule has 0 saturated heterocycles.